The van der Waals surface area contributed by atoms with Gasteiger partial charge in [-0.05, 0) is 45.7 Å². The fourth-order valence-corrected chi connectivity index (χ4v) is 4.45. The highest BCUT2D eigenvalue weighted by molar-refractivity contribution is 7.22. The molecule has 0 unspecified atom stereocenters. The predicted octanol–water partition coefficient (Wildman–Crippen LogP) is 4.01. The van der Waals surface area contributed by atoms with Gasteiger partial charge in [-0.3, -0.25) is 14.5 Å². The first kappa shape index (κ1) is 28.4. The van der Waals surface area contributed by atoms with Gasteiger partial charge in [0.05, 0.1) is 16.8 Å². The zero-order chi connectivity index (χ0) is 27.4. The van der Waals surface area contributed by atoms with Gasteiger partial charge in [0.25, 0.3) is 0 Å². The van der Waals surface area contributed by atoms with Crippen LogP contribution in [0.5, 0.6) is 5.75 Å². The lowest BCUT2D eigenvalue weighted by Crippen LogP contribution is -2.50. The highest BCUT2D eigenvalue weighted by Crippen LogP contribution is 2.31. The van der Waals surface area contributed by atoms with E-state index in [0.717, 1.165) is 17.4 Å². The quantitative estimate of drug-likeness (QED) is 0.559. The zero-order valence-electron chi connectivity index (χ0n) is 20.9. The van der Waals surface area contributed by atoms with Crippen molar-refractivity contribution in [3.63, 3.8) is 0 Å². The lowest BCUT2D eigenvalue weighted by Gasteiger charge is -2.35. The minimum absolute atomic E-state index is 0.155. The van der Waals surface area contributed by atoms with E-state index in [1.807, 2.05) is 0 Å². The molecule has 1 aromatic carbocycles. The number of fused-ring (bicyclic) bond motifs is 1. The Morgan fingerprint density at radius 2 is 1.84 bits per heavy atom. The van der Waals surface area contributed by atoms with E-state index in [0.29, 0.717) is 36.3 Å². The molecule has 204 valence electrons. The number of nitrogens with one attached hydrogen (secondary N) is 1. The highest BCUT2D eigenvalue weighted by Gasteiger charge is 2.33. The van der Waals surface area contributed by atoms with Crippen LogP contribution in [0.15, 0.2) is 18.2 Å². The number of carbonyl (C=O) groups is 3. The van der Waals surface area contributed by atoms with Gasteiger partial charge in [0.1, 0.15) is 17.9 Å². The van der Waals surface area contributed by atoms with E-state index in [4.69, 9.17) is 9.47 Å². The molecule has 0 spiro atoms. The maximum atomic E-state index is 12.9. The Morgan fingerprint density at radius 1 is 1.16 bits per heavy atom. The number of hydrogen-bond acceptors (Lipinski definition) is 8. The number of amides is 3. The summed E-state index contributed by atoms with van der Waals surface area (Å²) in [6.07, 6.45) is -4.32. The Kier molecular flexibility index (Phi) is 8.84. The van der Waals surface area contributed by atoms with Crippen LogP contribution < -0.4 is 10.1 Å². The lowest BCUT2D eigenvalue weighted by molar-refractivity contribution is -0.274. The maximum Gasteiger partial charge on any atom is 0.573 e. The van der Waals surface area contributed by atoms with Crippen molar-refractivity contribution in [3.05, 3.63) is 18.2 Å². The minimum Gasteiger partial charge on any atom is -0.444 e. The number of halogens is 3. The number of aromatic nitrogens is 1. The fraction of sp³-hybridized carbons (Fsp3) is 0.565. The number of hydrogen-bond donors (Lipinski definition) is 1. The highest BCUT2D eigenvalue weighted by atomic mass is 32.1. The molecular formula is C23H29F3N4O6S. The van der Waals surface area contributed by atoms with Crippen molar-refractivity contribution < 1.29 is 41.8 Å². The molecule has 3 rings (SSSR count). The molecule has 0 radical (unpaired) electrons. The van der Waals surface area contributed by atoms with E-state index in [2.05, 4.69) is 15.0 Å². The van der Waals surface area contributed by atoms with Crippen molar-refractivity contribution in [3.8, 4) is 5.75 Å². The first-order valence-corrected chi connectivity index (χ1v) is 12.3. The smallest absolute Gasteiger partial charge is 0.444 e. The van der Waals surface area contributed by atoms with Gasteiger partial charge in [-0.25, -0.2) is 9.78 Å². The number of thiazole rings is 1. The first-order chi connectivity index (χ1) is 17.2. The van der Waals surface area contributed by atoms with E-state index >= 15 is 0 Å². The average molecular weight is 547 g/mol. The zero-order valence-corrected chi connectivity index (χ0v) is 21.7. The second kappa shape index (κ2) is 11.5. The van der Waals surface area contributed by atoms with Gasteiger partial charge in [-0.1, -0.05) is 11.3 Å². The molecule has 1 aliphatic rings. The minimum atomic E-state index is -4.82. The van der Waals surface area contributed by atoms with Crippen molar-refractivity contribution >= 4 is 44.6 Å². The summed E-state index contributed by atoms with van der Waals surface area (Å²) in [7, 11) is 1.43. The van der Waals surface area contributed by atoms with Crippen LogP contribution >= 0.6 is 11.3 Å². The maximum absolute atomic E-state index is 12.9. The SMILES string of the molecule is CN(CC(=O)Nc1nc2ccc(OC(F)(F)F)cc2s1)C(=O)CN(C(=O)OC(C)(C)C)C1CCOCC1. The third-order valence-electron chi connectivity index (χ3n) is 5.21. The van der Waals surface area contributed by atoms with Gasteiger partial charge in [0, 0.05) is 32.4 Å². The molecule has 1 aromatic heterocycles. The Balaban J connectivity index is 1.61. The Labute approximate surface area is 215 Å². The van der Waals surface area contributed by atoms with Crippen LogP contribution in [0.3, 0.4) is 0 Å². The topological polar surface area (TPSA) is 110 Å². The molecule has 10 nitrogen and oxygen atoms in total. The molecule has 0 atom stereocenters. The number of ether oxygens (including phenoxy) is 3. The van der Waals surface area contributed by atoms with Gasteiger partial charge in [0.15, 0.2) is 5.13 Å². The van der Waals surface area contributed by atoms with Crippen LogP contribution in [-0.2, 0) is 19.1 Å². The van der Waals surface area contributed by atoms with Crippen LogP contribution in [0.25, 0.3) is 10.2 Å². The van der Waals surface area contributed by atoms with Crippen LogP contribution in [0, 0.1) is 0 Å². The van der Waals surface area contributed by atoms with Gasteiger partial charge >= 0.3 is 12.5 Å². The molecule has 0 saturated carbocycles. The van der Waals surface area contributed by atoms with Crippen molar-refractivity contribution in [1.29, 1.82) is 0 Å². The van der Waals surface area contributed by atoms with E-state index in [1.54, 1.807) is 20.8 Å². The normalized spacial score (nSPS) is 14.8. The van der Waals surface area contributed by atoms with Crippen LogP contribution in [0.4, 0.5) is 23.1 Å². The first-order valence-electron chi connectivity index (χ1n) is 11.5. The van der Waals surface area contributed by atoms with Gasteiger partial charge < -0.3 is 24.4 Å². The fourth-order valence-electron chi connectivity index (χ4n) is 3.54. The summed E-state index contributed by atoms with van der Waals surface area (Å²) in [6, 6.07) is 3.42. The predicted molar refractivity (Wildman–Crippen MR) is 129 cm³/mol. The summed E-state index contributed by atoms with van der Waals surface area (Å²) in [5.74, 6) is -1.42. The molecule has 37 heavy (non-hydrogen) atoms. The molecule has 1 N–H and O–H groups in total. The molecule has 0 bridgehead atoms. The molecule has 2 heterocycles. The molecular weight excluding hydrogens is 517 g/mol. The second-order valence-electron chi connectivity index (χ2n) is 9.45. The van der Waals surface area contributed by atoms with E-state index in [1.165, 1.54) is 29.0 Å². The number of benzene rings is 1. The standard InChI is InChI=1S/C23H29F3N4O6S/c1-22(2,3)36-21(33)30(14-7-9-34-10-8-14)13-19(32)29(4)12-18(31)28-20-27-16-6-5-15(11-17(16)37-20)35-23(24,25)26/h5-6,11,14H,7-10,12-13H2,1-4H3,(H,27,28,31). The summed E-state index contributed by atoms with van der Waals surface area (Å²) in [4.78, 5) is 45.0. The van der Waals surface area contributed by atoms with Gasteiger partial charge in [0.2, 0.25) is 11.8 Å². The molecule has 0 aliphatic carbocycles. The van der Waals surface area contributed by atoms with E-state index in [-0.39, 0.29) is 24.3 Å². The van der Waals surface area contributed by atoms with E-state index in [9.17, 15) is 27.6 Å². The molecule has 1 fully saturated rings. The van der Waals surface area contributed by atoms with E-state index < -0.39 is 35.6 Å². The second-order valence-corrected chi connectivity index (χ2v) is 10.5. The molecule has 3 amide bonds. The summed E-state index contributed by atoms with van der Waals surface area (Å²) in [6.45, 7) is 5.52. The van der Waals surface area contributed by atoms with Crippen molar-refractivity contribution in [1.82, 2.24) is 14.8 Å². The average Bonchev–Trinajstić information content (AvgIpc) is 3.16. The van der Waals surface area contributed by atoms with Crippen molar-refractivity contribution in [2.75, 3.05) is 38.7 Å². The summed E-state index contributed by atoms with van der Waals surface area (Å²) >= 11 is 0.965. The third-order valence-corrected chi connectivity index (χ3v) is 6.15. The number of nitrogens with zero attached hydrogens (tertiary/aromatic N) is 3. The lowest BCUT2D eigenvalue weighted by atomic mass is 10.1. The van der Waals surface area contributed by atoms with Gasteiger partial charge in [-0.2, -0.15) is 0 Å². The Morgan fingerprint density at radius 3 is 2.46 bits per heavy atom. The van der Waals surface area contributed by atoms with Gasteiger partial charge in [-0.15, -0.1) is 13.2 Å². The number of likely N-dealkylation sites (N-methyl/N-ethyl adjacent to an activating group) is 1. The molecule has 14 heteroatoms. The monoisotopic (exact) mass is 546 g/mol. The van der Waals surface area contributed by atoms with Crippen LogP contribution in [-0.4, -0.2) is 84.0 Å². The number of alkyl halides is 3. The number of rotatable bonds is 7. The van der Waals surface area contributed by atoms with Crippen LogP contribution in [0.1, 0.15) is 33.6 Å². The molecule has 1 saturated heterocycles. The summed E-state index contributed by atoms with van der Waals surface area (Å²) in [5.41, 5.74) is -0.365. The molecule has 1 aliphatic heterocycles. The summed E-state index contributed by atoms with van der Waals surface area (Å²) < 4.78 is 52.5. The Bertz CT molecular complexity index is 1130. The van der Waals surface area contributed by atoms with Crippen molar-refractivity contribution in [2.45, 2.75) is 51.6 Å². The largest absolute Gasteiger partial charge is 0.573 e. The summed E-state index contributed by atoms with van der Waals surface area (Å²) in [5, 5.41) is 2.70. The Hall–Kier alpha value is -3.13. The number of carbonyl (C=O) groups excluding carboxylic acids is 3. The van der Waals surface area contributed by atoms with Crippen molar-refractivity contribution in [2.24, 2.45) is 0 Å². The van der Waals surface area contributed by atoms with Crippen LogP contribution in [0.2, 0.25) is 0 Å². The number of anilines is 1. The third kappa shape index (κ3) is 8.74. The molecule has 2 aromatic rings.